The highest BCUT2D eigenvalue weighted by Gasteiger charge is 2.35. The molecule has 1 aromatic carbocycles. The summed E-state index contributed by atoms with van der Waals surface area (Å²) in [6.45, 7) is 0. The van der Waals surface area contributed by atoms with Crippen molar-refractivity contribution < 1.29 is 33.7 Å². The molecule has 0 fully saturated rings. The number of carbonyl (C=O) groups is 3. The van der Waals surface area contributed by atoms with Crippen LogP contribution in [0.4, 0.5) is 4.79 Å². The summed E-state index contributed by atoms with van der Waals surface area (Å²) in [4.78, 5) is 36.1. The van der Waals surface area contributed by atoms with E-state index in [9.17, 15) is 19.5 Å². The van der Waals surface area contributed by atoms with Crippen molar-refractivity contribution in [3.05, 3.63) is 28.4 Å². The average molecular weight is 400 g/mol. The minimum absolute atomic E-state index is 0.125. The Morgan fingerprint density at radius 1 is 1.08 bits per heavy atom. The van der Waals surface area contributed by atoms with Crippen LogP contribution in [0, 0.1) is 0 Å². The van der Waals surface area contributed by atoms with Crippen LogP contribution in [0.5, 0.6) is 5.75 Å². The monoisotopic (exact) mass is 399 g/mol. The van der Waals surface area contributed by atoms with E-state index in [0.717, 1.165) is 18.8 Å². The van der Waals surface area contributed by atoms with Crippen LogP contribution in [0.1, 0.15) is 11.5 Å². The van der Waals surface area contributed by atoms with Crippen LogP contribution in [0.25, 0.3) is 10.9 Å². The molecule has 0 aliphatic rings. The summed E-state index contributed by atoms with van der Waals surface area (Å²) in [5, 5.41) is 10.2. The maximum atomic E-state index is 12.1. The predicted octanol–water partition coefficient (Wildman–Crippen LogP) is 2.15. The molecule has 2 rings (SSSR count). The van der Waals surface area contributed by atoms with E-state index in [1.54, 1.807) is 0 Å². The van der Waals surface area contributed by atoms with Crippen molar-refractivity contribution in [2.75, 3.05) is 21.3 Å². The maximum absolute atomic E-state index is 12.1. The molecule has 128 valence electrons. The molecule has 0 radical (unpaired) electrons. The fourth-order valence-corrected chi connectivity index (χ4v) is 2.92. The number of carbonyl (C=O) groups excluding carboxylic acids is 3. The van der Waals surface area contributed by atoms with Gasteiger partial charge in [-0.3, -0.25) is 14.2 Å². The van der Waals surface area contributed by atoms with Crippen LogP contribution in [0.15, 0.2) is 22.8 Å². The zero-order valence-corrected chi connectivity index (χ0v) is 14.6. The Kier molecular flexibility index (Phi) is 5.13. The van der Waals surface area contributed by atoms with E-state index in [1.165, 1.54) is 25.4 Å². The summed E-state index contributed by atoms with van der Waals surface area (Å²) in [5.41, 5.74) is 0.469. The standard InChI is InChI=1S/C15H14BrNO7/c1-22-13(19)11(14(20)23-2)7-6-17(15(21)24-3)8-4-5-9(18)12(16)10(7)8/h4-6,11,18H,1-3H3. The highest BCUT2D eigenvalue weighted by Crippen LogP contribution is 2.39. The molecule has 1 aromatic heterocycles. The second kappa shape index (κ2) is 6.91. The van der Waals surface area contributed by atoms with Gasteiger partial charge in [-0.2, -0.15) is 0 Å². The first-order valence-corrected chi connectivity index (χ1v) is 7.43. The van der Waals surface area contributed by atoms with Gasteiger partial charge in [-0.1, -0.05) is 0 Å². The van der Waals surface area contributed by atoms with Gasteiger partial charge in [-0.15, -0.1) is 0 Å². The molecule has 0 atom stereocenters. The van der Waals surface area contributed by atoms with Crippen molar-refractivity contribution >= 4 is 44.9 Å². The van der Waals surface area contributed by atoms with Crippen molar-refractivity contribution in [2.45, 2.75) is 5.92 Å². The summed E-state index contributed by atoms with van der Waals surface area (Å²) >= 11 is 3.21. The van der Waals surface area contributed by atoms with Gasteiger partial charge in [0.05, 0.1) is 31.3 Å². The molecule has 8 nitrogen and oxygen atoms in total. The van der Waals surface area contributed by atoms with Gasteiger partial charge in [-0.05, 0) is 28.1 Å². The number of phenolic OH excluding ortho intramolecular Hbond substituents is 1. The van der Waals surface area contributed by atoms with Crippen LogP contribution in [-0.4, -0.2) is 49.0 Å². The van der Waals surface area contributed by atoms with Crippen LogP contribution in [-0.2, 0) is 23.8 Å². The third kappa shape index (κ3) is 2.82. The van der Waals surface area contributed by atoms with E-state index in [-0.39, 0.29) is 15.8 Å². The van der Waals surface area contributed by atoms with Crippen LogP contribution in [0.3, 0.4) is 0 Å². The van der Waals surface area contributed by atoms with Crippen molar-refractivity contribution in [1.29, 1.82) is 0 Å². The highest BCUT2D eigenvalue weighted by atomic mass is 79.9. The Labute approximate surface area is 145 Å². The average Bonchev–Trinajstić information content (AvgIpc) is 2.97. The quantitative estimate of drug-likeness (QED) is 0.478. The van der Waals surface area contributed by atoms with E-state index in [0.29, 0.717) is 10.9 Å². The molecule has 0 aliphatic heterocycles. The first-order chi connectivity index (χ1) is 11.4. The number of rotatable bonds is 3. The number of halogens is 1. The van der Waals surface area contributed by atoms with Gasteiger partial charge in [0.25, 0.3) is 0 Å². The number of benzene rings is 1. The Morgan fingerprint density at radius 3 is 2.17 bits per heavy atom. The van der Waals surface area contributed by atoms with Crippen molar-refractivity contribution in [3.63, 3.8) is 0 Å². The molecule has 1 heterocycles. The van der Waals surface area contributed by atoms with Crippen LogP contribution in [0.2, 0.25) is 0 Å². The van der Waals surface area contributed by atoms with Gasteiger partial charge in [-0.25, -0.2) is 4.79 Å². The SMILES string of the molecule is COC(=O)C(C(=O)OC)c1cn(C(=O)OC)c2ccc(O)c(Br)c12. The largest absolute Gasteiger partial charge is 0.507 e. The maximum Gasteiger partial charge on any atom is 0.418 e. The first kappa shape index (κ1) is 17.8. The van der Waals surface area contributed by atoms with Gasteiger partial charge < -0.3 is 19.3 Å². The zero-order valence-electron chi connectivity index (χ0n) is 13.0. The van der Waals surface area contributed by atoms with E-state index < -0.39 is 23.9 Å². The Balaban J connectivity index is 2.85. The lowest BCUT2D eigenvalue weighted by atomic mass is 9.98. The Morgan fingerprint density at radius 2 is 1.67 bits per heavy atom. The molecule has 0 spiro atoms. The number of methoxy groups -OCH3 is 3. The number of hydrogen-bond donors (Lipinski definition) is 1. The summed E-state index contributed by atoms with van der Waals surface area (Å²) in [5.74, 6) is -3.27. The van der Waals surface area contributed by atoms with Crippen molar-refractivity contribution in [3.8, 4) is 5.75 Å². The number of fused-ring (bicyclic) bond motifs is 1. The number of aromatic hydroxyl groups is 1. The second-order valence-corrected chi connectivity index (χ2v) is 5.49. The van der Waals surface area contributed by atoms with Gasteiger partial charge in [0.15, 0.2) is 5.92 Å². The molecule has 1 N–H and O–H groups in total. The number of ether oxygens (including phenoxy) is 3. The Bertz CT molecular complexity index is 811. The van der Waals surface area contributed by atoms with Gasteiger partial charge in [0, 0.05) is 17.1 Å². The third-order valence-electron chi connectivity index (χ3n) is 3.47. The molecule has 0 unspecified atom stereocenters. The molecular formula is C15H14BrNO7. The lowest BCUT2D eigenvalue weighted by Crippen LogP contribution is -2.24. The second-order valence-electron chi connectivity index (χ2n) is 4.70. The third-order valence-corrected chi connectivity index (χ3v) is 4.27. The fourth-order valence-electron chi connectivity index (χ4n) is 2.36. The number of nitrogens with zero attached hydrogens (tertiary/aromatic N) is 1. The predicted molar refractivity (Wildman–Crippen MR) is 85.9 cm³/mol. The van der Waals surface area contributed by atoms with Gasteiger partial charge in [0.1, 0.15) is 5.75 Å². The molecule has 0 saturated carbocycles. The number of aromatic nitrogens is 1. The summed E-state index contributed by atoms with van der Waals surface area (Å²) in [6.07, 6.45) is 0.552. The molecular weight excluding hydrogens is 386 g/mol. The molecule has 2 aromatic rings. The molecule has 0 saturated heterocycles. The van der Waals surface area contributed by atoms with E-state index in [2.05, 4.69) is 25.4 Å². The van der Waals surface area contributed by atoms with Gasteiger partial charge >= 0.3 is 18.0 Å². The van der Waals surface area contributed by atoms with E-state index in [1.807, 2.05) is 0 Å². The fraction of sp³-hybridized carbons (Fsp3) is 0.267. The van der Waals surface area contributed by atoms with E-state index >= 15 is 0 Å². The molecule has 24 heavy (non-hydrogen) atoms. The zero-order chi connectivity index (χ0) is 18.0. The van der Waals surface area contributed by atoms with Gasteiger partial charge in [0.2, 0.25) is 0 Å². The molecule has 0 amide bonds. The normalized spacial score (nSPS) is 10.7. The molecule has 9 heteroatoms. The lowest BCUT2D eigenvalue weighted by molar-refractivity contribution is -0.154. The summed E-state index contributed by atoms with van der Waals surface area (Å²) in [7, 11) is 3.45. The summed E-state index contributed by atoms with van der Waals surface area (Å²) in [6, 6.07) is 2.82. The summed E-state index contributed by atoms with van der Waals surface area (Å²) < 4.78 is 15.4. The Hall–Kier alpha value is -2.55. The van der Waals surface area contributed by atoms with E-state index in [4.69, 9.17) is 4.74 Å². The molecule has 0 bridgehead atoms. The molecule has 0 aliphatic carbocycles. The van der Waals surface area contributed by atoms with Crippen LogP contribution >= 0.6 is 15.9 Å². The smallest absolute Gasteiger partial charge is 0.418 e. The number of phenols is 1. The lowest BCUT2D eigenvalue weighted by Gasteiger charge is -2.12. The minimum Gasteiger partial charge on any atom is -0.507 e. The van der Waals surface area contributed by atoms with Crippen LogP contribution < -0.4 is 0 Å². The minimum atomic E-state index is -1.42. The van der Waals surface area contributed by atoms with Crippen molar-refractivity contribution in [2.24, 2.45) is 0 Å². The number of hydrogen-bond acceptors (Lipinski definition) is 7. The highest BCUT2D eigenvalue weighted by molar-refractivity contribution is 9.10. The first-order valence-electron chi connectivity index (χ1n) is 6.63. The topological polar surface area (TPSA) is 104 Å². The van der Waals surface area contributed by atoms with Crippen molar-refractivity contribution in [1.82, 2.24) is 4.57 Å². The number of esters is 2.